The average molecular weight is 303 g/mol. The first-order chi connectivity index (χ1) is 9.07. The molecule has 0 N–H and O–H groups in total. The lowest BCUT2D eigenvalue weighted by atomic mass is 9.76. The van der Waals surface area contributed by atoms with Gasteiger partial charge in [0, 0.05) is 30.5 Å². The normalized spacial score (nSPS) is 31.1. The Morgan fingerprint density at radius 1 is 1.47 bits per heavy atom. The molecule has 0 spiro atoms. The number of halogens is 2. The minimum Gasteiger partial charge on any atom is -0.377 e. The van der Waals surface area contributed by atoms with Gasteiger partial charge in [-0.05, 0) is 38.5 Å². The third-order valence-corrected chi connectivity index (χ3v) is 5.62. The van der Waals surface area contributed by atoms with Crippen LogP contribution < -0.4 is 0 Å². The Kier molecular flexibility index (Phi) is 3.57. The fraction of sp³-hybridized carbons (Fsp3) is 0.786. The predicted molar refractivity (Wildman–Crippen MR) is 76.9 cm³/mol. The van der Waals surface area contributed by atoms with Crippen LogP contribution >= 0.6 is 23.2 Å². The molecule has 2 unspecified atom stereocenters. The minimum absolute atomic E-state index is 0.0418. The topological polar surface area (TPSA) is 27.1 Å². The van der Waals surface area contributed by atoms with Crippen LogP contribution in [0.5, 0.6) is 0 Å². The summed E-state index contributed by atoms with van der Waals surface area (Å²) in [6.45, 7) is 2.84. The summed E-state index contributed by atoms with van der Waals surface area (Å²) in [7, 11) is 1.88. The standard InChI is InChI=1S/C14H20Cl2N2O/c1-9-11(13(16)18(2)17-9)7-14(8-15)5-6-19-12(14)10-3-4-10/h10,12H,3-8H2,1-2H3. The molecule has 1 aliphatic carbocycles. The van der Waals surface area contributed by atoms with Crippen LogP contribution in [-0.2, 0) is 18.2 Å². The Hall–Kier alpha value is -0.250. The van der Waals surface area contributed by atoms with Crippen molar-refractivity contribution < 1.29 is 4.74 Å². The largest absolute Gasteiger partial charge is 0.377 e. The van der Waals surface area contributed by atoms with E-state index in [1.54, 1.807) is 4.68 Å². The van der Waals surface area contributed by atoms with E-state index in [9.17, 15) is 0 Å². The molecular formula is C14H20Cl2N2O. The van der Waals surface area contributed by atoms with E-state index in [4.69, 9.17) is 27.9 Å². The van der Waals surface area contributed by atoms with Crippen molar-refractivity contribution >= 4 is 23.2 Å². The molecule has 1 aromatic heterocycles. The molecule has 0 bridgehead atoms. The second-order valence-corrected chi connectivity index (χ2v) is 6.66. The van der Waals surface area contributed by atoms with Gasteiger partial charge in [-0.25, -0.2) is 0 Å². The molecule has 3 rings (SSSR count). The third-order valence-electron chi connectivity index (χ3n) is 4.62. The van der Waals surface area contributed by atoms with E-state index in [0.717, 1.165) is 35.9 Å². The van der Waals surface area contributed by atoms with Gasteiger partial charge in [0.15, 0.2) is 0 Å². The summed E-state index contributed by atoms with van der Waals surface area (Å²) in [5.41, 5.74) is 2.19. The highest BCUT2D eigenvalue weighted by molar-refractivity contribution is 6.30. The molecule has 2 fully saturated rings. The molecule has 5 heteroatoms. The van der Waals surface area contributed by atoms with Gasteiger partial charge in [0.25, 0.3) is 0 Å². The number of hydrogen-bond acceptors (Lipinski definition) is 2. The van der Waals surface area contributed by atoms with E-state index in [2.05, 4.69) is 5.10 Å². The van der Waals surface area contributed by atoms with Gasteiger partial charge in [-0.1, -0.05) is 11.6 Å². The Labute approximate surface area is 124 Å². The Morgan fingerprint density at radius 2 is 2.21 bits per heavy atom. The van der Waals surface area contributed by atoms with Crippen molar-refractivity contribution in [3.63, 3.8) is 0 Å². The molecule has 1 aromatic rings. The summed E-state index contributed by atoms with van der Waals surface area (Å²) < 4.78 is 7.73. The maximum Gasteiger partial charge on any atom is 0.130 e. The predicted octanol–water partition coefficient (Wildman–Crippen LogP) is 3.35. The van der Waals surface area contributed by atoms with E-state index in [-0.39, 0.29) is 5.41 Å². The fourth-order valence-electron chi connectivity index (χ4n) is 3.35. The van der Waals surface area contributed by atoms with Crippen molar-refractivity contribution in [1.82, 2.24) is 9.78 Å². The van der Waals surface area contributed by atoms with Gasteiger partial charge in [-0.3, -0.25) is 4.68 Å². The van der Waals surface area contributed by atoms with Crippen molar-refractivity contribution in [2.45, 2.75) is 38.7 Å². The molecule has 19 heavy (non-hydrogen) atoms. The van der Waals surface area contributed by atoms with E-state index in [0.29, 0.717) is 17.9 Å². The van der Waals surface area contributed by atoms with E-state index < -0.39 is 0 Å². The van der Waals surface area contributed by atoms with Crippen molar-refractivity contribution in [3.8, 4) is 0 Å². The average Bonchev–Trinajstić information content (AvgIpc) is 3.11. The molecule has 2 heterocycles. The quantitative estimate of drug-likeness (QED) is 0.798. The van der Waals surface area contributed by atoms with Crippen LogP contribution in [-0.4, -0.2) is 28.4 Å². The zero-order valence-electron chi connectivity index (χ0n) is 11.5. The smallest absolute Gasteiger partial charge is 0.130 e. The molecule has 3 nitrogen and oxygen atoms in total. The van der Waals surface area contributed by atoms with E-state index in [1.807, 2.05) is 14.0 Å². The molecule has 0 aromatic carbocycles. The zero-order valence-corrected chi connectivity index (χ0v) is 13.0. The van der Waals surface area contributed by atoms with Crippen molar-refractivity contribution in [2.75, 3.05) is 12.5 Å². The molecule has 0 amide bonds. The summed E-state index contributed by atoms with van der Waals surface area (Å²) >= 11 is 12.7. The second kappa shape index (κ2) is 4.94. The Morgan fingerprint density at radius 3 is 2.74 bits per heavy atom. The number of hydrogen-bond donors (Lipinski definition) is 0. The first kappa shape index (κ1) is 13.7. The van der Waals surface area contributed by atoms with Crippen LogP contribution in [0.1, 0.15) is 30.5 Å². The van der Waals surface area contributed by atoms with Gasteiger partial charge in [0.1, 0.15) is 5.15 Å². The lowest BCUT2D eigenvalue weighted by Gasteiger charge is -2.32. The van der Waals surface area contributed by atoms with Gasteiger partial charge in [0.05, 0.1) is 11.8 Å². The second-order valence-electron chi connectivity index (χ2n) is 6.03. The Bertz CT molecular complexity index is 484. The van der Waals surface area contributed by atoms with Crippen LogP contribution in [0.2, 0.25) is 5.15 Å². The van der Waals surface area contributed by atoms with Crippen molar-refractivity contribution in [1.29, 1.82) is 0 Å². The number of aryl methyl sites for hydroxylation is 2. The lowest BCUT2D eigenvalue weighted by Crippen LogP contribution is -2.36. The molecule has 2 atom stereocenters. The highest BCUT2D eigenvalue weighted by atomic mass is 35.5. The monoisotopic (exact) mass is 302 g/mol. The van der Waals surface area contributed by atoms with Gasteiger partial charge in [0.2, 0.25) is 0 Å². The molecular weight excluding hydrogens is 283 g/mol. The maximum atomic E-state index is 6.37. The number of alkyl halides is 1. The summed E-state index contributed by atoms with van der Waals surface area (Å²) in [5, 5.41) is 5.14. The fourth-order valence-corrected chi connectivity index (χ4v) is 3.97. The highest BCUT2D eigenvalue weighted by Gasteiger charge is 2.51. The molecule has 1 aliphatic heterocycles. The van der Waals surface area contributed by atoms with Crippen LogP contribution in [0.4, 0.5) is 0 Å². The maximum absolute atomic E-state index is 6.37. The molecule has 1 saturated heterocycles. The number of ether oxygens (including phenoxy) is 1. The van der Waals surface area contributed by atoms with E-state index >= 15 is 0 Å². The molecule has 106 valence electrons. The van der Waals surface area contributed by atoms with Gasteiger partial charge in [-0.2, -0.15) is 5.10 Å². The number of nitrogens with zero attached hydrogens (tertiary/aromatic N) is 2. The zero-order chi connectivity index (χ0) is 13.6. The van der Waals surface area contributed by atoms with Crippen LogP contribution in [0, 0.1) is 18.3 Å². The molecule has 0 radical (unpaired) electrons. The third kappa shape index (κ3) is 2.30. The lowest BCUT2D eigenvalue weighted by molar-refractivity contribution is 0.0402. The van der Waals surface area contributed by atoms with Gasteiger partial charge >= 0.3 is 0 Å². The minimum atomic E-state index is 0.0418. The number of aromatic nitrogens is 2. The first-order valence-corrected chi connectivity index (χ1v) is 7.84. The molecule has 1 saturated carbocycles. The van der Waals surface area contributed by atoms with Gasteiger partial charge < -0.3 is 4.74 Å². The Balaban J connectivity index is 1.90. The van der Waals surface area contributed by atoms with Crippen molar-refractivity contribution in [2.24, 2.45) is 18.4 Å². The number of rotatable bonds is 4. The van der Waals surface area contributed by atoms with Crippen LogP contribution in [0.25, 0.3) is 0 Å². The van der Waals surface area contributed by atoms with E-state index in [1.165, 1.54) is 12.8 Å². The highest BCUT2D eigenvalue weighted by Crippen LogP contribution is 2.50. The summed E-state index contributed by atoms with van der Waals surface area (Å²) in [6.07, 6.45) is 4.78. The van der Waals surface area contributed by atoms with Crippen LogP contribution in [0.3, 0.4) is 0 Å². The van der Waals surface area contributed by atoms with Crippen LogP contribution in [0.15, 0.2) is 0 Å². The first-order valence-electron chi connectivity index (χ1n) is 6.93. The van der Waals surface area contributed by atoms with Gasteiger partial charge in [-0.15, -0.1) is 11.6 Å². The summed E-state index contributed by atoms with van der Waals surface area (Å²) in [6, 6.07) is 0. The summed E-state index contributed by atoms with van der Waals surface area (Å²) in [4.78, 5) is 0. The SMILES string of the molecule is Cc1nn(C)c(Cl)c1CC1(CCl)CCOC1C1CC1. The van der Waals surface area contributed by atoms with Crippen molar-refractivity contribution in [3.05, 3.63) is 16.4 Å². The summed E-state index contributed by atoms with van der Waals surface area (Å²) in [5.74, 6) is 1.34. The molecule has 2 aliphatic rings.